The first-order chi connectivity index (χ1) is 14.8. The first-order valence-corrected chi connectivity index (χ1v) is 10.2. The topological polar surface area (TPSA) is 95.6 Å². The Morgan fingerprint density at radius 1 is 1.19 bits per heavy atom. The van der Waals surface area contributed by atoms with Crippen molar-refractivity contribution >= 4 is 46.8 Å². The molecule has 1 fully saturated rings. The molecule has 0 bridgehead atoms. The molecule has 2 aliphatic rings. The predicted molar refractivity (Wildman–Crippen MR) is 110 cm³/mol. The van der Waals surface area contributed by atoms with Gasteiger partial charge in [-0.1, -0.05) is 29.3 Å². The van der Waals surface area contributed by atoms with Gasteiger partial charge in [-0.2, -0.15) is 0 Å². The van der Waals surface area contributed by atoms with Crippen LogP contribution in [-0.2, 0) is 22.7 Å². The molecule has 4 rings (SSSR count). The van der Waals surface area contributed by atoms with E-state index in [1.54, 1.807) is 12.1 Å². The lowest BCUT2D eigenvalue weighted by Crippen LogP contribution is -2.52. The summed E-state index contributed by atoms with van der Waals surface area (Å²) in [5.74, 6) is -2.40. The fourth-order valence-corrected chi connectivity index (χ4v) is 4.11. The molecule has 31 heavy (non-hydrogen) atoms. The van der Waals surface area contributed by atoms with Gasteiger partial charge in [-0.05, 0) is 36.2 Å². The van der Waals surface area contributed by atoms with Crippen molar-refractivity contribution in [3.05, 3.63) is 68.4 Å². The van der Waals surface area contributed by atoms with Crippen molar-refractivity contribution in [1.82, 2.24) is 15.5 Å². The number of benzene rings is 2. The van der Waals surface area contributed by atoms with E-state index in [0.29, 0.717) is 21.7 Å². The minimum atomic E-state index is -0.739. The molecule has 0 radical (unpaired) electrons. The molecule has 0 saturated carbocycles. The van der Waals surface area contributed by atoms with Crippen LogP contribution in [0.1, 0.15) is 44.7 Å². The van der Waals surface area contributed by atoms with Crippen LogP contribution in [0.25, 0.3) is 0 Å². The Bertz CT molecular complexity index is 1140. The van der Waals surface area contributed by atoms with E-state index in [1.807, 2.05) is 0 Å². The van der Waals surface area contributed by atoms with E-state index in [-0.39, 0.29) is 48.3 Å². The second-order valence-corrected chi connectivity index (χ2v) is 8.06. The highest BCUT2D eigenvalue weighted by Crippen LogP contribution is 2.34. The molecule has 0 spiro atoms. The maximum Gasteiger partial charge on any atom is 0.255 e. The van der Waals surface area contributed by atoms with Gasteiger partial charge < -0.3 is 10.2 Å². The molecule has 1 saturated heterocycles. The van der Waals surface area contributed by atoms with Gasteiger partial charge in [-0.3, -0.25) is 24.5 Å². The molecule has 2 heterocycles. The fourth-order valence-electron chi connectivity index (χ4n) is 3.70. The maximum atomic E-state index is 13.6. The normalized spacial score (nSPS) is 18.1. The smallest absolute Gasteiger partial charge is 0.255 e. The molecular formula is C21H16Cl2FN3O4. The number of halogens is 3. The molecule has 1 unspecified atom stereocenters. The average molecular weight is 464 g/mol. The third-order valence-electron chi connectivity index (χ3n) is 5.35. The quantitative estimate of drug-likeness (QED) is 0.681. The third kappa shape index (κ3) is 4.00. The van der Waals surface area contributed by atoms with Crippen LogP contribution in [-0.4, -0.2) is 34.6 Å². The number of hydrogen-bond acceptors (Lipinski definition) is 4. The van der Waals surface area contributed by atoms with E-state index < -0.39 is 23.7 Å². The number of carbonyl (C=O) groups is 4. The lowest BCUT2D eigenvalue weighted by molar-refractivity contribution is -0.136. The molecule has 2 aromatic rings. The molecule has 7 nitrogen and oxygen atoms in total. The van der Waals surface area contributed by atoms with Crippen molar-refractivity contribution < 1.29 is 23.6 Å². The Kier molecular flexibility index (Phi) is 5.68. The number of nitrogens with one attached hydrogen (secondary N) is 2. The number of rotatable bonds is 4. The van der Waals surface area contributed by atoms with Gasteiger partial charge >= 0.3 is 0 Å². The third-order valence-corrected chi connectivity index (χ3v) is 6.13. The number of nitrogens with zero attached hydrogens (tertiary/aromatic N) is 1. The van der Waals surface area contributed by atoms with Crippen LogP contribution >= 0.6 is 23.2 Å². The van der Waals surface area contributed by atoms with E-state index in [9.17, 15) is 23.6 Å². The first kappa shape index (κ1) is 21.3. The maximum absolute atomic E-state index is 13.6. The number of piperidine rings is 1. The number of carbonyl (C=O) groups excluding carboxylic acids is 4. The van der Waals surface area contributed by atoms with Crippen molar-refractivity contribution in [3.8, 4) is 0 Å². The number of fused-ring (bicyclic) bond motifs is 1. The molecule has 0 aromatic heterocycles. The van der Waals surface area contributed by atoms with Crippen LogP contribution in [0.2, 0.25) is 10.0 Å². The van der Waals surface area contributed by atoms with Crippen molar-refractivity contribution in [3.63, 3.8) is 0 Å². The van der Waals surface area contributed by atoms with Crippen molar-refractivity contribution in [2.24, 2.45) is 0 Å². The highest BCUT2D eigenvalue weighted by atomic mass is 35.5. The minimum Gasteiger partial charge on any atom is -0.348 e. The molecule has 2 aromatic carbocycles. The van der Waals surface area contributed by atoms with Gasteiger partial charge in [-0.15, -0.1) is 0 Å². The summed E-state index contributed by atoms with van der Waals surface area (Å²) >= 11 is 12.1. The van der Waals surface area contributed by atoms with Gasteiger partial charge in [0, 0.05) is 36.2 Å². The second-order valence-electron chi connectivity index (χ2n) is 7.28. The summed E-state index contributed by atoms with van der Waals surface area (Å²) in [4.78, 5) is 50.0. The highest BCUT2D eigenvalue weighted by Gasteiger charge is 2.40. The summed E-state index contributed by atoms with van der Waals surface area (Å²) in [6, 6.07) is 6.22. The Hall–Kier alpha value is -2.97. The fraction of sp³-hybridized carbons (Fsp3) is 0.238. The zero-order chi connectivity index (χ0) is 22.3. The van der Waals surface area contributed by atoms with Gasteiger partial charge in [-0.25, -0.2) is 4.39 Å². The lowest BCUT2D eigenvalue weighted by atomic mass is 10.0. The van der Waals surface area contributed by atoms with E-state index in [0.717, 1.165) is 6.07 Å². The van der Waals surface area contributed by atoms with Crippen LogP contribution < -0.4 is 10.6 Å². The molecule has 2 N–H and O–H groups in total. The molecule has 160 valence electrons. The van der Waals surface area contributed by atoms with E-state index in [1.165, 1.54) is 17.0 Å². The molecule has 4 amide bonds. The molecule has 2 aliphatic heterocycles. The minimum absolute atomic E-state index is 0.0573. The Morgan fingerprint density at radius 3 is 2.68 bits per heavy atom. The summed E-state index contributed by atoms with van der Waals surface area (Å²) in [5.41, 5.74) is 1.62. The van der Waals surface area contributed by atoms with E-state index in [4.69, 9.17) is 23.2 Å². The van der Waals surface area contributed by atoms with Crippen molar-refractivity contribution in [2.75, 3.05) is 0 Å². The van der Waals surface area contributed by atoms with Gasteiger partial charge in [0.1, 0.15) is 11.9 Å². The van der Waals surface area contributed by atoms with Gasteiger partial charge in [0.25, 0.3) is 11.8 Å². The average Bonchev–Trinajstić information content (AvgIpc) is 3.06. The Labute approximate surface area is 186 Å². The van der Waals surface area contributed by atoms with Gasteiger partial charge in [0.15, 0.2) is 0 Å². The highest BCUT2D eigenvalue weighted by molar-refractivity contribution is 6.33. The molecule has 0 aliphatic carbocycles. The van der Waals surface area contributed by atoms with Gasteiger partial charge in [0.05, 0.1) is 10.0 Å². The van der Waals surface area contributed by atoms with Crippen LogP contribution in [0.15, 0.2) is 30.3 Å². The zero-order valence-corrected chi connectivity index (χ0v) is 17.5. The molecule has 1 atom stereocenters. The van der Waals surface area contributed by atoms with Crippen LogP contribution in [0, 0.1) is 5.82 Å². The monoisotopic (exact) mass is 463 g/mol. The number of imide groups is 1. The molecular weight excluding hydrogens is 448 g/mol. The standard InChI is InChI=1S/C21H16Cl2FN3O4/c22-14-4-2-10(7-15(14)24)19(29)25-8-11-1-3-12-13(18(11)23)9-27(21(12)31)16-5-6-17(28)26-20(16)30/h1-4,7,16H,5-6,8-9H2,(H,25,29)(H,26,28,30). The van der Waals surface area contributed by atoms with Crippen LogP contribution in [0.5, 0.6) is 0 Å². The summed E-state index contributed by atoms with van der Waals surface area (Å²) in [5, 5.41) is 5.13. The number of amides is 4. The second kappa shape index (κ2) is 8.28. The summed E-state index contributed by atoms with van der Waals surface area (Å²) < 4.78 is 13.6. The van der Waals surface area contributed by atoms with E-state index in [2.05, 4.69) is 10.6 Å². The largest absolute Gasteiger partial charge is 0.348 e. The number of hydrogen-bond donors (Lipinski definition) is 2. The summed E-state index contributed by atoms with van der Waals surface area (Å²) in [6.07, 6.45) is 0.412. The van der Waals surface area contributed by atoms with Crippen LogP contribution in [0.3, 0.4) is 0 Å². The van der Waals surface area contributed by atoms with Crippen molar-refractivity contribution in [2.45, 2.75) is 32.0 Å². The predicted octanol–water partition coefficient (Wildman–Crippen LogP) is 2.82. The Balaban J connectivity index is 1.49. The summed E-state index contributed by atoms with van der Waals surface area (Å²) in [7, 11) is 0. The van der Waals surface area contributed by atoms with E-state index >= 15 is 0 Å². The van der Waals surface area contributed by atoms with Crippen LogP contribution in [0.4, 0.5) is 4.39 Å². The molecule has 10 heteroatoms. The van der Waals surface area contributed by atoms with Crippen molar-refractivity contribution in [1.29, 1.82) is 0 Å². The summed E-state index contributed by atoms with van der Waals surface area (Å²) in [6.45, 7) is 0.186. The SMILES string of the molecule is O=C1CCC(N2Cc3c(ccc(CNC(=O)c4ccc(Cl)c(F)c4)c3Cl)C2=O)C(=O)N1. The first-order valence-electron chi connectivity index (χ1n) is 9.44. The van der Waals surface area contributed by atoms with Gasteiger partial charge in [0.2, 0.25) is 11.8 Å². The lowest BCUT2D eigenvalue weighted by Gasteiger charge is -2.29. The Morgan fingerprint density at radius 2 is 1.97 bits per heavy atom. The zero-order valence-electron chi connectivity index (χ0n) is 16.0.